The Morgan fingerprint density at radius 3 is 2.59 bits per heavy atom. The van der Waals surface area contributed by atoms with Crippen molar-refractivity contribution in [3.63, 3.8) is 0 Å². The van der Waals surface area contributed by atoms with Crippen molar-refractivity contribution >= 4 is 24.9 Å². The first-order valence-electron chi connectivity index (χ1n) is 8.05. The Balaban J connectivity index is 2.17. The highest BCUT2D eigenvalue weighted by Gasteiger charge is 2.49. The van der Waals surface area contributed by atoms with Crippen molar-refractivity contribution in [2.75, 3.05) is 0 Å². The van der Waals surface area contributed by atoms with Crippen molar-refractivity contribution < 1.29 is 14.6 Å². The van der Waals surface area contributed by atoms with E-state index in [-0.39, 0.29) is 11.3 Å². The summed E-state index contributed by atoms with van der Waals surface area (Å²) in [4.78, 5) is 12.5. The van der Waals surface area contributed by atoms with Crippen LogP contribution in [-0.4, -0.2) is 24.5 Å². The summed E-state index contributed by atoms with van der Waals surface area (Å²) < 4.78 is 5.64. The molecule has 1 fully saturated rings. The molecule has 0 bridgehead atoms. The molecule has 0 aromatic heterocycles. The van der Waals surface area contributed by atoms with Crippen LogP contribution in [-0.2, 0) is 16.0 Å². The van der Waals surface area contributed by atoms with Gasteiger partial charge in [0.15, 0.2) is 11.4 Å². The molecule has 4 heteroatoms. The minimum Gasteiger partial charge on any atom is -0.507 e. The highest BCUT2D eigenvalue weighted by Crippen LogP contribution is 2.45. The van der Waals surface area contributed by atoms with Crippen molar-refractivity contribution in [1.29, 1.82) is 0 Å². The van der Waals surface area contributed by atoms with Crippen LogP contribution in [0.4, 0.5) is 0 Å². The summed E-state index contributed by atoms with van der Waals surface area (Å²) in [6, 6.07) is 3.86. The van der Waals surface area contributed by atoms with Crippen LogP contribution in [0.3, 0.4) is 0 Å². The van der Waals surface area contributed by atoms with Gasteiger partial charge in [-0.2, -0.15) is 0 Å². The Bertz CT molecular complexity index is 655. The van der Waals surface area contributed by atoms with Crippen LogP contribution in [0.25, 0.3) is 5.57 Å². The van der Waals surface area contributed by atoms with Crippen LogP contribution in [0, 0.1) is 6.92 Å². The van der Waals surface area contributed by atoms with E-state index in [0.29, 0.717) is 23.9 Å². The smallest absolute Gasteiger partial charge is 0.343 e. The predicted octanol–water partition coefficient (Wildman–Crippen LogP) is 2.88. The molecule has 1 heterocycles. The average Bonchev–Trinajstić information content (AvgIpc) is 2.71. The van der Waals surface area contributed by atoms with E-state index in [1.807, 2.05) is 26.0 Å². The molecule has 0 unspecified atom stereocenters. The van der Waals surface area contributed by atoms with Crippen LogP contribution in [0.2, 0.25) is 0 Å². The number of hydrogen-bond donors (Lipinski definition) is 1. The zero-order valence-corrected chi connectivity index (χ0v) is 13.2. The fraction of sp³-hybridized carbons (Fsp3) is 0.500. The number of benzene rings is 1. The number of esters is 1. The van der Waals surface area contributed by atoms with Gasteiger partial charge in [-0.05, 0) is 50.2 Å². The van der Waals surface area contributed by atoms with E-state index in [2.05, 4.69) is 0 Å². The molecule has 0 amide bonds. The summed E-state index contributed by atoms with van der Waals surface area (Å²) in [7, 11) is 6.17. The molecular weight excluding hydrogens is 275 g/mol. The molecule has 1 aliphatic carbocycles. The minimum atomic E-state index is -0.812. The molecule has 1 aromatic rings. The van der Waals surface area contributed by atoms with Gasteiger partial charge in [0, 0.05) is 0 Å². The second-order valence-corrected chi connectivity index (χ2v) is 6.41. The van der Waals surface area contributed by atoms with E-state index in [4.69, 9.17) is 12.6 Å². The standard InChI is InChI=1S/C18H21BO3/c1-3-12-9-11(2)10-13(19)14(12)15-16(20)18(22-17(15)21)7-5-4-6-8-18/h9-10,20H,3-8H2,1-2H3. The Morgan fingerprint density at radius 2 is 1.95 bits per heavy atom. The maximum atomic E-state index is 12.5. The number of ether oxygens (including phenoxy) is 1. The molecule has 1 aliphatic heterocycles. The lowest BCUT2D eigenvalue weighted by Gasteiger charge is -2.31. The monoisotopic (exact) mass is 296 g/mol. The molecule has 0 atom stereocenters. The SMILES string of the molecule is [B]c1cc(C)cc(CC)c1C1=C(O)C2(CCCCC2)OC1=O. The summed E-state index contributed by atoms with van der Waals surface area (Å²) in [6.45, 7) is 4.00. The first-order valence-corrected chi connectivity index (χ1v) is 8.05. The van der Waals surface area contributed by atoms with E-state index >= 15 is 0 Å². The van der Waals surface area contributed by atoms with Gasteiger partial charge in [0.25, 0.3) is 0 Å². The number of aliphatic hydroxyl groups excluding tert-OH is 1. The number of carbonyl (C=O) groups excluding carboxylic acids is 1. The zero-order chi connectivity index (χ0) is 15.9. The third kappa shape index (κ3) is 2.25. The van der Waals surface area contributed by atoms with Crippen LogP contribution in [0.1, 0.15) is 55.7 Å². The van der Waals surface area contributed by atoms with Crippen molar-refractivity contribution in [3.05, 3.63) is 34.6 Å². The molecule has 22 heavy (non-hydrogen) atoms. The normalized spacial score (nSPS) is 20.5. The first-order chi connectivity index (χ1) is 10.5. The Hall–Kier alpha value is -1.71. The maximum Gasteiger partial charge on any atom is 0.343 e. The van der Waals surface area contributed by atoms with Gasteiger partial charge in [-0.1, -0.05) is 36.5 Å². The number of hydrogen-bond acceptors (Lipinski definition) is 3. The van der Waals surface area contributed by atoms with E-state index in [9.17, 15) is 9.90 Å². The summed E-state index contributed by atoms with van der Waals surface area (Å²) in [5.74, 6) is -0.355. The number of aliphatic hydroxyl groups is 1. The van der Waals surface area contributed by atoms with Gasteiger partial charge in [-0.15, -0.1) is 0 Å². The van der Waals surface area contributed by atoms with Crippen molar-refractivity contribution in [2.24, 2.45) is 0 Å². The van der Waals surface area contributed by atoms with Crippen LogP contribution >= 0.6 is 0 Å². The van der Waals surface area contributed by atoms with E-state index in [0.717, 1.165) is 36.8 Å². The highest BCUT2D eigenvalue weighted by atomic mass is 16.6. The molecule has 3 rings (SSSR count). The van der Waals surface area contributed by atoms with Gasteiger partial charge in [0.05, 0.1) is 0 Å². The Kier molecular flexibility index (Phi) is 3.79. The fourth-order valence-electron chi connectivity index (χ4n) is 3.76. The lowest BCUT2D eigenvalue weighted by atomic mass is 9.78. The van der Waals surface area contributed by atoms with Gasteiger partial charge in [0.2, 0.25) is 0 Å². The van der Waals surface area contributed by atoms with Gasteiger partial charge in [0.1, 0.15) is 13.4 Å². The number of aryl methyl sites for hydroxylation is 2. The predicted molar refractivity (Wildman–Crippen MR) is 87.4 cm³/mol. The van der Waals surface area contributed by atoms with Gasteiger partial charge >= 0.3 is 5.97 Å². The largest absolute Gasteiger partial charge is 0.507 e. The molecule has 114 valence electrons. The molecule has 1 saturated carbocycles. The minimum absolute atomic E-state index is 0.0856. The molecule has 1 aromatic carbocycles. The molecule has 2 radical (unpaired) electrons. The number of rotatable bonds is 2. The molecule has 1 N–H and O–H groups in total. The third-order valence-corrected chi connectivity index (χ3v) is 4.85. The molecular formula is C18H21BO3. The first kappa shape index (κ1) is 15.2. The lowest BCUT2D eigenvalue weighted by Crippen LogP contribution is -2.34. The van der Waals surface area contributed by atoms with E-state index < -0.39 is 11.6 Å². The lowest BCUT2D eigenvalue weighted by molar-refractivity contribution is -0.149. The third-order valence-electron chi connectivity index (χ3n) is 4.85. The average molecular weight is 296 g/mol. The van der Waals surface area contributed by atoms with Crippen molar-refractivity contribution in [2.45, 2.75) is 58.0 Å². The van der Waals surface area contributed by atoms with Crippen molar-refractivity contribution in [1.82, 2.24) is 0 Å². The van der Waals surface area contributed by atoms with Crippen LogP contribution in [0.15, 0.2) is 17.9 Å². The van der Waals surface area contributed by atoms with Gasteiger partial charge in [-0.25, -0.2) is 4.79 Å². The second kappa shape index (κ2) is 5.49. The van der Waals surface area contributed by atoms with Crippen LogP contribution in [0.5, 0.6) is 0 Å². The van der Waals surface area contributed by atoms with Gasteiger partial charge < -0.3 is 9.84 Å². The highest BCUT2D eigenvalue weighted by molar-refractivity contribution is 6.38. The maximum absolute atomic E-state index is 12.5. The molecule has 3 nitrogen and oxygen atoms in total. The summed E-state index contributed by atoms with van der Waals surface area (Å²) in [5, 5.41) is 10.8. The summed E-state index contributed by atoms with van der Waals surface area (Å²) in [6.07, 6.45) is 5.19. The zero-order valence-electron chi connectivity index (χ0n) is 13.2. The summed E-state index contributed by atoms with van der Waals surface area (Å²) >= 11 is 0. The Morgan fingerprint density at radius 1 is 1.27 bits per heavy atom. The van der Waals surface area contributed by atoms with Crippen LogP contribution < -0.4 is 5.46 Å². The van der Waals surface area contributed by atoms with E-state index in [1.54, 1.807) is 0 Å². The van der Waals surface area contributed by atoms with Crippen molar-refractivity contribution in [3.8, 4) is 0 Å². The second-order valence-electron chi connectivity index (χ2n) is 6.41. The van der Waals surface area contributed by atoms with Gasteiger partial charge in [-0.3, -0.25) is 0 Å². The Labute approximate surface area is 132 Å². The molecule has 0 saturated heterocycles. The topological polar surface area (TPSA) is 46.5 Å². The fourth-order valence-corrected chi connectivity index (χ4v) is 3.76. The molecule has 2 aliphatic rings. The van der Waals surface area contributed by atoms with E-state index in [1.165, 1.54) is 0 Å². The molecule has 1 spiro atoms. The number of carbonyl (C=O) groups is 1. The summed E-state index contributed by atoms with van der Waals surface area (Å²) in [5.41, 5.74) is 2.67. The quantitative estimate of drug-likeness (QED) is 0.674.